The van der Waals surface area contributed by atoms with Crippen molar-refractivity contribution in [3.8, 4) is 11.5 Å². The fourth-order valence-corrected chi connectivity index (χ4v) is 4.02. The molecule has 3 rings (SSSR count). The predicted molar refractivity (Wildman–Crippen MR) is 103 cm³/mol. The van der Waals surface area contributed by atoms with Crippen molar-refractivity contribution < 1.29 is 19.1 Å². The Kier molecular flexibility index (Phi) is 5.92. The Morgan fingerprint density at radius 2 is 2.12 bits per heavy atom. The highest BCUT2D eigenvalue weighted by Gasteiger charge is 2.30. The third-order valence-electron chi connectivity index (χ3n) is 4.36. The molecule has 1 aromatic carbocycles. The fraction of sp³-hybridized carbons (Fsp3) is 0.444. The van der Waals surface area contributed by atoms with Crippen LogP contribution in [0.2, 0.25) is 0 Å². The van der Waals surface area contributed by atoms with Crippen LogP contribution in [0.15, 0.2) is 28.2 Å². The molecule has 1 aliphatic carbocycles. The summed E-state index contributed by atoms with van der Waals surface area (Å²) >= 11 is 1.31. The van der Waals surface area contributed by atoms with Gasteiger partial charge >= 0.3 is 6.03 Å². The second kappa shape index (κ2) is 8.35. The molecule has 7 nitrogen and oxygen atoms in total. The van der Waals surface area contributed by atoms with Crippen molar-refractivity contribution in [2.75, 3.05) is 25.3 Å². The number of thioether (sulfide) groups is 1. The maximum Gasteiger partial charge on any atom is 0.367 e. The zero-order chi connectivity index (χ0) is 18.5. The Labute approximate surface area is 156 Å². The number of ether oxygens (including phenoxy) is 2. The summed E-state index contributed by atoms with van der Waals surface area (Å²) in [6.07, 6.45) is 3.92. The monoisotopic (exact) mass is 375 g/mol. The number of fused-ring (bicyclic) bond motifs is 1. The first kappa shape index (κ1) is 18.4. The lowest BCUT2D eigenvalue weighted by molar-refractivity contribution is -0.113. The molecular weight excluding hydrogens is 354 g/mol. The topological polar surface area (TPSA) is 89.3 Å². The number of nitrogens with zero attached hydrogens (tertiary/aromatic N) is 2. The van der Waals surface area contributed by atoms with E-state index in [2.05, 4.69) is 15.3 Å². The Morgan fingerprint density at radius 3 is 2.88 bits per heavy atom. The Bertz CT molecular complexity index is 776. The molecule has 1 heterocycles. The molecule has 3 amide bonds. The number of urea groups is 1. The third kappa shape index (κ3) is 4.24. The fourth-order valence-electron chi connectivity index (χ4n) is 3.08. The van der Waals surface area contributed by atoms with Gasteiger partial charge in [-0.25, -0.2) is 9.79 Å². The highest BCUT2D eigenvalue weighted by atomic mass is 32.2. The van der Waals surface area contributed by atoms with Gasteiger partial charge in [0.2, 0.25) is 5.91 Å². The van der Waals surface area contributed by atoms with Crippen molar-refractivity contribution in [3.63, 3.8) is 0 Å². The quantitative estimate of drug-likeness (QED) is 0.850. The van der Waals surface area contributed by atoms with Crippen molar-refractivity contribution in [2.45, 2.75) is 25.7 Å². The molecule has 0 saturated heterocycles. The van der Waals surface area contributed by atoms with E-state index in [1.807, 2.05) is 0 Å². The van der Waals surface area contributed by atoms with E-state index in [0.717, 1.165) is 31.4 Å². The number of benzene rings is 1. The first-order chi connectivity index (χ1) is 12.6. The summed E-state index contributed by atoms with van der Waals surface area (Å²) < 4.78 is 10.4. The largest absolute Gasteiger partial charge is 0.497 e. The minimum Gasteiger partial charge on any atom is -0.497 e. The Morgan fingerprint density at radius 1 is 1.27 bits per heavy atom. The van der Waals surface area contributed by atoms with Crippen LogP contribution >= 0.6 is 11.8 Å². The predicted octanol–water partition coefficient (Wildman–Crippen LogP) is 3.54. The van der Waals surface area contributed by atoms with Gasteiger partial charge in [-0.3, -0.25) is 4.79 Å². The first-order valence-electron chi connectivity index (χ1n) is 8.45. The van der Waals surface area contributed by atoms with E-state index in [9.17, 15) is 9.59 Å². The van der Waals surface area contributed by atoms with Crippen molar-refractivity contribution in [1.82, 2.24) is 0 Å². The summed E-state index contributed by atoms with van der Waals surface area (Å²) in [6.45, 7) is 0. The second-order valence-corrected chi connectivity index (χ2v) is 7.03. The van der Waals surface area contributed by atoms with Crippen LogP contribution < -0.4 is 14.8 Å². The van der Waals surface area contributed by atoms with Gasteiger partial charge in [0.1, 0.15) is 11.5 Å². The van der Waals surface area contributed by atoms with Crippen molar-refractivity contribution in [1.29, 1.82) is 0 Å². The molecule has 0 radical (unpaired) electrons. The molecular formula is C18H21N3O4S. The molecule has 1 N–H and O–H groups in total. The summed E-state index contributed by atoms with van der Waals surface area (Å²) in [5.74, 6) is 1.25. The number of nitrogens with one attached hydrogen (secondary N) is 1. The van der Waals surface area contributed by atoms with E-state index >= 15 is 0 Å². The number of anilines is 1. The normalized spacial score (nSPS) is 19.2. The molecule has 0 bridgehead atoms. The van der Waals surface area contributed by atoms with E-state index in [1.54, 1.807) is 25.3 Å². The number of aliphatic imine (C=N–C) groups is 2. The van der Waals surface area contributed by atoms with Crippen molar-refractivity contribution in [2.24, 2.45) is 15.9 Å². The van der Waals surface area contributed by atoms with Crippen LogP contribution in [0.1, 0.15) is 25.7 Å². The standard InChI is InChI=1S/C18H21N3O4S/c1-24-11-7-8-14(15(9-11)25-2)19-16(22)10-26-17-12-5-3-4-6-13(12)20-18(23)21-17/h7-9,12H,3-6,10H2,1-2H3,(H,19,22). The van der Waals surface area contributed by atoms with Crippen LogP contribution in [0.4, 0.5) is 10.5 Å². The maximum atomic E-state index is 12.3. The average molecular weight is 375 g/mol. The van der Waals surface area contributed by atoms with Gasteiger partial charge in [0, 0.05) is 17.7 Å². The average Bonchev–Trinajstić information content (AvgIpc) is 2.66. The van der Waals surface area contributed by atoms with Gasteiger partial charge in [0.05, 0.1) is 30.7 Å². The highest BCUT2D eigenvalue weighted by Crippen LogP contribution is 2.31. The summed E-state index contributed by atoms with van der Waals surface area (Å²) in [7, 11) is 3.10. The molecule has 138 valence electrons. The van der Waals surface area contributed by atoms with E-state index in [1.165, 1.54) is 18.9 Å². The van der Waals surface area contributed by atoms with Gasteiger partial charge < -0.3 is 14.8 Å². The van der Waals surface area contributed by atoms with Gasteiger partial charge in [-0.2, -0.15) is 4.99 Å². The van der Waals surface area contributed by atoms with Gasteiger partial charge in [-0.1, -0.05) is 18.2 Å². The molecule has 1 saturated carbocycles. The van der Waals surface area contributed by atoms with E-state index < -0.39 is 6.03 Å². The molecule has 8 heteroatoms. The SMILES string of the molecule is COc1ccc(NC(=O)CSC2=NC(=O)N=C3CCCCC32)c(OC)c1. The van der Waals surface area contributed by atoms with Crippen LogP contribution in [-0.2, 0) is 4.79 Å². The number of rotatable bonds is 5. The van der Waals surface area contributed by atoms with E-state index in [4.69, 9.17) is 9.47 Å². The zero-order valence-corrected chi connectivity index (χ0v) is 15.6. The molecule has 1 aromatic rings. The Balaban J connectivity index is 1.61. The second-order valence-electron chi connectivity index (χ2n) is 6.04. The molecule has 0 aromatic heterocycles. The van der Waals surface area contributed by atoms with Crippen LogP contribution in [0.3, 0.4) is 0 Å². The van der Waals surface area contributed by atoms with Crippen LogP contribution in [0.5, 0.6) is 11.5 Å². The van der Waals surface area contributed by atoms with Crippen LogP contribution in [0.25, 0.3) is 0 Å². The maximum absolute atomic E-state index is 12.3. The molecule has 1 fully saturated rings. The van der Waals surface area contributed by atoms with Gasteiger partial charge in [-0.15, -0.1) is 0 Å². The molecule has 2 aliphatic rings. The highest BCUT2D eigenvalue weighted by molar-refractivity contribution is 8.14. The molecule has 1 unspecified atom stereocenters. The lowest BCUT2D eigenvalue weighted by Crippen LogP contribution is -2.31. The summed E-state index contributed by atoms with van der Waals surface area (Å²) in [6, 6.07) is 4.73. The lowest BCUT2D eigenvalue weighted by atomic mass is 9.87. The molecule has 0 spiro atoms. The molecule has 26 heavy (non-hydrogen) atoms. The minimum atomic E-state index is -0.460. The summed E-state index contributed by atoms with van der Waals surface area (Å²) in [5.41, 5.74) is 1.48. The minimum absolute atomic E-state index is 0.0924. The van der Waals surface area contributed by atoms with E-state index in [-0.39, 0.29) is 17.6 Å². The summed E-state index contributed by atoms with van der Waals surface area (Å²) in [5, 5.41) is 3.53. The zero-order valence-electron chi connectivity index (χ0n) is 14.8. The Hall–Kier alpha value is -2.35. The number of methoxy groups -OCH3 is 2. The number of carbonyl (C=O) groups excluding carboxylic acids is 2. The number of hydrogen-bond acceptors (Lipinski definition) is 5. The van der Waals surface area contributed by atoms with Crippen molar-refractivity contribution >= 4 is 40.1 Å². The summed E-state index contributed by atoms with van der Waals surface area (Å²) in [4.78, 5) is 32.1. The first-order valence-corrected chi connectivity index (χ1v) is 9.44. The van der Waals surface area contributed by atoms with Crippen LogP contribution in [0, 0.1) is 5.92 Å². The smallest absolute Gasteiger partial charge is 0.367 e. The third-order valence-corrected chi connectivity index (χ3v) is 5.43. The van der Waals surface area contributed by atoms with Gasteiger partial charge in [0.15, 0.2) is 0 Å². The number of hydrogen-bond donors (Lipinski definition) is 1. The lowest BCUT2D eigenvalue weighted by Gasteiger charge is -2.26. The molecule has 1 aliphatic heterocycles. The van der Waals surface area contributed by atoms with E-state index in [0.29, 0.717) is 22.2 Å². The van der Waals surface area contributed by atoms with Gasteiger partial charge in [-0.05, 0) is 31.4 Å². The number of amides is 3. The van der Waals surface area contributed by atoms with Crippen LogP contribution in [-0.4, -0.2) is 42.7 Å². The van der Waals surface area contributed by atoms with Gasteiger partial charge in [0.25, 0.3) is 0 Å². The number of carbonyl (C=O) groups is 2. The van der Waals surface area contributed by atoms with Crippen molar-refractivity contribution in [3.05, 3.63) is 18.2 Å². The molecule has 1 atom stereocenters.